The van der Waals surface area contributed by atoms with Gasteiger partial charge in [0.15, 0.2) is 6.10 Å². The Bertz CT molecular complexity index is 930. The second kappa shape index (κ2) is 8.32. The lowest BCUT2D eigenvalue weighted by Gasteiger charge is -2.18. The van der Waals surface area contributed by atoms with Gasteiger partial charge in [0.25, 0.3) is 0 Å². The summed E-state index contributed by atoms with van der Waals surface area (Å²) < 4.78 is 10.9. The molecule has 0 radical (unpaired) electrons. The Hall–Kier alpha value is -3.40. The minimum atomic E-state index is -1.04. The molecule has 0 unspecified atom stereocenters. The zero-order valence-electron chi connectivity index (χ0n) is 15.2. The number of esters is 1. The van der Waals surface area contributed by atoms with Crippen molar-refractivity contribution in [3.05, 3.63) is 101 Å². The van der Waals surface area contributed by atoms with E-state index in [0.717, 1.165) is 5.56 Å². The van der Waals surface area contributed by atoms with E-state index >= 15 is 0 Å². The first-order valence-electron chi connectivity index (χ1n) is 8.60. The standard InChI is InChI=1S/C23H20O4/c1-16-12-14-17(15-13-16)21(24)22(18-8-4-3-5-9-18)27-23(25)19-10-6-7-11-20(19)26-2/h3-15,22H,1-2H3/t22-/m1/s1. The predicted octanol–water partition coefficient (Wildman–Crippen LogP) is 4.78. The summed E-state index contributed by atoms with van der Waals surface area (Å²) in [7, 11) is 1.48. The van der Waals surface area contributed by atoms with Crippen molar-refractivity contribution in [2.75, 3.05) is 7.11 Å². The van der Waals surface area contributed by atoms with Gasteiger partial charge in [-0.05, 0) is 19.1 Å². The first-order valence-corrected chi connectivity index (χ1v) is 8.60. The van der Waals surface area contributed by atoms with E-state index in [4.69, 9.17) is 9.47 Å². The summed E-state index contributed by atoms with van der Waals surface area (Å²) >= 11 is 0. The van der Waals surface area contributed by atoms with Crippen molar-refractivity contribution in [1.82, 2.24) is 0 Å². The van der Waals surface area contributed by atoms with Crippen LogP contribution in [0.5, 0.6) is 5.75 Å². The van der Waals surface area contributed by atoms with Gasteiger partial charge in [-0.1, -0.05) is 72.3 Å². The van der Waals surface area contributed by atoms with E-state index in [-0.39, 0.29) is 11.3 Å². The van der Waals surface area contributed by atoms with Crippen LogP contribution in [0.4, 0.5) is 0 Å². The molecule has 4 nitrogen and oxygen atoms in total. The minimum Gasteiger partial charge on any atom is -0.496 e. The molecule has 136 valence electrons. The number of ketones is 1. The third-order valence-corrected chi connectivity index (χ3v) is 4.23. The maximum atomic E-state index is 13.1. The van der Waals surface area contributed by atoms with Gasteiger partial charge in [0, 0.05) is 11.1 Å². The van der Waals surface area contributed by atoms with Crippen molar-refractivity contribution in [3.63, 3.8) is 0 Å². The van der Waals surface area contributed by atoms with Gasteiger partial charge in [-0.15, -0.1) is 0 Å². The number of aryl methyl sites for hydroxylation is 1. The smallest absolute Gasteiger partial charge is 0.342 e. The lowest BCUT2D eigenvalue weighted by atomic mass is 9.99. The van der Waals surface area contributed by atoms with Crippen LogP contribution in [-0.2, 0) is 4.74 Å². The van der Waals surface area contributed by atoms with Gasteiger partial charge in [-0.2, -0.15) is 0 Å². The van der Waals surface area contributed by atoms with Crippen LogP contribution in [0.25, 0.3) is 0 Å². The number of para-hydroxylation sites is 1. The summed E-state index contributed by atoms with van der Waals surface area (Å²) in [6.45, 7) is 1.95. The largest absolute Gasteiger partial charge is 0.496 e. The number of carbonyl (C=O) groups excluding carboxylic acids is 2. The quantitative estimate of drug-likeness (QED) is 0.469. The molecule has 0 aromatic heterocycles. The maximum absolute atomic E-state index is 13.1. The van der Waals surface area contributed by atoms with Crippen molar-refractivity contribution in [2.45, 2.75) is 13.0 Å². The lowest BCUT2D eigenvalue weighted by Crippen LogP contribution is -2.20. The summed E-state index contributed by atoms with van der Waals surface area (Å²) in [6, 6.07) is 23.0. The molecular formula is C23H20O4. The Balaban J connectivity index is 1.94. The summed E-state index contributed by atoms with van der Waals surface area (Å²) in [5, 5.41) is 0. The molecule has 0 amide bonds. The molecule has 3 aromatic carbocycles. The fourth-order valence-corrected chi connectivity index (χ4v) is 2.75. The van der Waals surface area contributed by atoms with Crippen LogP contribution in [0.3, 0.4) is 0 Å². The Morgan fingerprint density at radius 2 is 1.44 bits per heavy atom. The molecule has 0 aliphatic heterocycles. The molecule has 1 atom stereocenters. The van der Waals surface area contributed by atoms with Gasteiger partial charge >= 0.3 is 5.97 Å². The van der Waals surface area contributed by atoms with E-state index in [2.05, 4.69) is 0 Å². The molecule has 0 saturated heterocycles. The fraction of sp³-hybridized carbons (Fsp3) is 0.130. The number of hydrogen-bond acceptors (Lipinski definition) is 4. The van der Waals surface area contributed by atoms with E-state index < -0.39 is 12.1 Å². The molecule has 0 aliphatic rings. The molecular weight excluding hydrogens is 340 g/mol. The summed E-state index contributed by atoms with van der Waals surface area (Å²) in [4.78, 5) is 25.8. The average molecular weight is 360 g/mol. The number of benzene rings is 3. The molecule has 3 rings (SSSR count). The Labute approximate surface area is 158 Å². The van der Waals surface area contributed by atoms with E-state index in [9.17, 15) is 9.59 Å². The SMILES string of the molecule is COc1ccccc1C(=O)O[C@@H](C(=O)c1ccc(C)cc1)c1ccccc1. The van der Waals surface area contributed by atoms with E-state index in [0.29, 0.717) is 16.9 Å². The van der Waals surface area contributed by atoms with Crippen LogP contribution in [0.2, 0.25) is 0 Å². The van der Waals surface area contributed by atoms with Crippen molar-refractivity contribution < 1.29 is 19.1 Å². The Morgan fingerprint density at radius 1 is 0.815 bits per heavy atom. The second-order valence-electron chi connectivity index (χ2n) is 6.13. The van der Waals surface area contributed by atoms with Gasteiger partial charge in [-0.25, -0.2) is 4.79 Å². The van der Waals surface area contributed by atoms with E-state index in [1.807, 2.05) is 37.3 Å². The van der Waals surface area contributed by atoms with Gasteiger partial charge in [0.1, 0.15) is 11.3 Å². The van der Waals surface area contributed by atoms with Crippen LogP contribution < -0.4 is 4.74 Å². The maximum Gasteiger partial charge on any atom is 0.342 e. The molecule has 3 aromatic rings. The van der Waals surface area contributed by atoms with Gasteiger partial charge < -0.3 is 9.47 Å². The lowest BCUT2D eigenvalue weighted by molar-refractivity contribution is 0.0277. The van der Waals surface area contributed by atoms with Crippen LogP contribution in [0.15, 0.2) is 78.9 Å². The molecule has 0 N–H and O–H groups in total. The average Bonchev–Trinajstić information content (AvgIpc) is 2.72. The second-order valence-corrected chi connectivity index (χ2v) is 6.13. The van der Waals surface area contributed by atoms with E-state index in [1.54, 1.807) is 48.5 Å². The summed E-state index contributed by atoms with van der Waals surface area (Å²) in [6.07, 6.45) is -1.04. The summed E-state index contributed by atoms with van der Waals surface area (Å²) in [5.41, 5.74) is 2.43. The minimum absolute atomic E-state index is 0.274. The molecule has 4 heteroatoms. The first kappa shape index (κ1) is 18.4. The highest BCUT2D eigenvalue weighted by molar-refractivity contribution is 6.02. The number of carbonyl (C=O) groups is 2. The topological polar surface area (TPSA) is 52.6 Å². The van der Waals surface area contributed by atoms with Crippen molar-refractivity contribution in [3.8, 4) is 5.75 Å². The summed E-state index contributed by atoms with van der Waals surface area (Å²) in [5.74, 6) is -0.483. The van der Waals surface area contributed by atoms with Gasteiger partial charge in [0.05, 0.1) is 7.11 Å². The normalized spacial score (nSPS) is 11.5. The van der Waals surface area contributed by atoms with Crippen molar-refractivity contribution >= 4 is 11.8 Å². The van der Waals surface area contributed by atoms with E-state index in [1.165, 1.54) is 7.11 Å². The Morgan fingerprint density at radius 3 is 2.11 bits per heavy atom. The molecule has 0 bridgehead atoms. The van der Waals surface area contributed by atoms with Crippen LogP contribution in [-0.4, -0.2) is 18.9 Å². The molecule has 0 aliphatic carbocycles. The molecule has 0 fully saturated rings. The highest BCUT2D eigenvalue weighted by Crippen LogP contribution is 2.26. The molecule has 27 heavy (non-hydrogen) atoms. The van der Waals surface area contributed by atoms with Crippen LogP contribution in [0.1, 0.15) is 37.9 Å². The number of hydrogen-bond donors (Lipinski definition) is 0. The molecule has 0 heterocycles. The number of rotatable bonds is 6. The zero-order valence-corrected chi connectivity index (χ0v) is 15.2. The molecule has 0 saturated carbocycles. The number of Topliss-reactive ketones (excluding diaryl/α,β-unsaturated/α-hetero) is 1. The third kappa shape index (κ3) is 4.23. The predicted molar refractivity (Wildman–Crippen MR) is 103 cm³/mol. The van der Waals surface area contributed by atoms with Crippen molar-refractivity contribution in [1.29, 1.82) is 0 Å². The van der Waals surface area contributed by atoms with Gasteiger partial charge in [-0.3, -0.25) is 4.79 Å². The number of methoxy groups -OCH3 is 1. The zero-order chi connectivity index (χ0) is 19.2. The Kier molecular flexibility index (Phi) is 5.67. The first-order chi connectivity index (χ1) is 13.1. The highest BCUT2D eigenvalue weighted by Gasteiger charge is 2.27. The van der Waals surface area contributed by atoms with Crippen molar-refractivity contribution in [2.24, 2.45) is 0 Å². The third-order valence-electron chi connectivity index (χ3n) is 4.23. The highest BCUT2D eigenvalue weighted by atomic mass is 16.5. The molecule has 0 spiro atoms. The van der Waals surface area contributed by atoms with Crippen LogP contribution in [0, 0.1) is 6.92 Å². The monoisotopic (exact) mass is 360 g/mol. The van der Waals surface area contributed by atoms with Gasteiger partial charge in [0.2, 0.25) is 5.78 Å². The number of ether oxygens (including phenoxy) is 2. The fourth-order valence-electron chi connectivity index (χ4n) is 2.75. The van der Waals surface area contributed by atoms with Crippen LogP contribution >= 0.6 is 0 Å².